The number of carbonyl (C=O) groups is 2. The van der Waals surface area contributed by atoms with Gasteiger partial charge in [0.25, 0.3) is 5.91 Å². The first kappa shape index (κ1) is 18.3. The highest BCUT2D eigenvalue weighted by atomic mass is 35.5. The fraction of sp³-hybridized carbons (Fsp3) is 0.190. The number of aromatic nitrogens is 2. The molecule has 2 heterocycles. The smallest absolute Gasteiger partial charge is 0.256 e. The first-order valence-electron chi connectivity index (χ1n) is 9.00. The molecule has 0 unspecified atom stereocenters. The summed E-state index contributed by atoms with van der Waals surface area (Å²) >= 11 is 5.93. The summed E-state index contributed by atoms with van der Waals surface area (Å²) in [5.41, 5.74) is 3.49. The van der Waals surface area contributed by atoms with Gasteiger partial charge in [-0.05, 0) is 47.9 Å². The molecule has 2 aromatic carbocycles. The van der Waals surface area contributed by atoms with Gasteiger partial charge in [-0.15, -0.1) is 0 Å². The van der Waals surface area contributed by atoms with Crippen molar-refractivity contribution in [3.63, 3.8) is 0 Å². The number of hydrogen-bond acceptors (Lipinski definition) is 3. The molecule has 0 atom stereocenters. The number of nitrogens with one attached hydrogen (secondary N) is 1. The number of rotatable bonds is 4. The van der Waals surface area contributed by atoms with Crippen molar-refractivity contribution in [2.24, 2.45) is 0 Å². The summed E-state index contributed by atoms with van der Waals surface area (Å²) in [4.78, 5) is 26.1. The minimum atomic E-state index is -0.207. The van der Waals surface area contributed by atoms with Crippen LogP contribution in [-0.4, -0.2) is 28.1 Å². The minimum Gasteiger partial charge on any atom is -0.312 e. The van der Waals surface area contributed by atoms with Crippen molar-refractivity contribution in [2.75, 3.05) is 16.8 Å². The van der Waals surface area contributed by atoms with Gasteiger partial charge in [0.05, 0.1) is 12.7 Å². The van der Waals surface area contributed by atoms with Gasteiger partial charge in [-0.25, -0.2) is 4.68 Å². The van der Waals surface area contributed by atoms with Crippen molar-refractivity contribution >= 4 is 34.9 Å². The molecule has 0 aliphatic carbocycles. The number of benzene rings is 2. The standard InChI is InChI=1S/C21H19ClN4O2/c1-14(27)25-11-9-16-12-17(4-7-19(16)25)21(28)24-20-8-10-23-26(20)13-15-2-5-18(22)6-3-15/h2-8,10,12H,9,11,13H2,1H3,(H,24,28). The Labute approximate surface area is 167 Å². The van der Waals surface area contributed by atoms with E-state index in [1.807, 2.05) is 36.4 Å². The summed E-state index contributed by atoms with van der Waals surface area (Å²) in [7, 11) is 0. The third-order valence-corrected chi connectivity index (χ3v) is 5.07. The van der Waals surface area contributed by atoms with Crippen LogP contribution < -0.4 is 10.2 Å². The van der Waals surface area contributed by atoms with Gasteiger partial charge < -0.3 is 10.2 Å². The molecule has 0 bridgehead atoms. The van der Waals surface area contributed by atoms with Crippen molar-refractivity contribution in [1.82, 2.24) is 9.78 Å². The largest absolute Gasteiger partial charge is 0.312 e. The SMILES string of the molecule is CC(=O)N1CCc2cc(C(=O)Nc3ccnn3Cc3ccc(Cl)cc3)ccc21. The van der Waals surface area contributed by atoms with Crippen LogP contribution in [0.1, 0.15) is 28.4 Å². The molecule has 6 nitrogen and oxygen atoms in total. The number of fused-ring (bicyclic) bond motifs is 1. The van der Waals surface area contributed by atoms with Gasteiger partial charge >= 0.3 is 0 Å². The molecule has 7 heteroatoms. The maximum absolute atomic E-state index is 12.7. The van der Waals surface area contributed by atoms with Gasteiger partial charge in [0.2, 0.25) is 5.91 Å². The van der Waals surface area contributed by atoms with Gasteiger partial charge in [0, 0.05) is 35.8 Å². The van der Waals surface area contributed by atoms with E-state index in [4.69, 9.17) is 11.6 Å². The van der Waals surface area contributed by atoms with Crippen molar-refractivity contribution in [3.05, 3.63) is 76.4 Å². The number of amides is 2. The normalized spacial score (nSPS) is 12.7. The Hall–Kier alpha value is -3.12. The average Bonchev–Trinajstić information content (AvgIpc) is 3.30. The van der Waals surface area contributed by atoms with Gasteiger partial charge in [-0.2, -0.15) is 5.10 Å². The Balaban J connectivity index is 1.50. The van der Waals surface area contributed by atoms with Crippen molar-refractivity contribution in [1.29, 1.82) is 0 Å². The molecule has 1 aliphatic heterocycles. The van der Waals surface area contributed by atoms with Crippen molar-refractivity contribution < 1.29 is 9.59 Å². The molecule has 1 N–H and O–H groups in total. The molecule has 0 spiro atoms. The fourth-order valence-corrected chi connectivity index (χ4v) is 3.51. The zero-order valence-electron chi connectivity index (χ0n) is 15.4. The summed E-state index contributed by atoms with van der Waals surface area (Å²) in [6.07, 6.45) is 2.41. The van der Waals surface area contributed by atoms with E-state index in [9.17, 15) is 9.59 Å². The second-order valence-corrected chi connectivity index (χ2v) is 7.16. The molecule has 0 fully saturated rings. The molecule has 0 saturated carbocycles. The van der Waals surface area contributed by atoms with Crippen LogP contribution in [0.25, 0.3) is 0 Å². The van der Waals surface area contributed by atoms with Crippen molar-refractivity contribution in [3.8, 4) is 0 Å². The Morgan fingerprint density at radius 2 is 1.93 bits per heavy atom. The highest BCUT2D eigenvalue weighted by molar-refractivity contribution is 6.30. The minimum absolute atomic E-state index is 0.0158. The Bertz CT molecular complexity index is 1040. The summed E-state index contributed by atoms with van der Waals surface area (Å²) in [6.45, 7) is 2.73. The van der Waals surface area contributed by atoms with Crippen LogP contribution in [0.5, 0.6) is 0 Å². The van der Waals surface area contributed by atoms with E-state index in [0.29, 0.717) is 29.5 Å². The predicted octanol–water partition coefficient (Wildman–Crippen LogP) is 3.75. The molecule has 2 amide bonds. The molecule has 1 aromatic heterocycles. The predicted molar refractivity (Wildman–Crippen MR) is 109 cm³/mol. The maximum Gasteiger partial charge on any atom is 0.256 e. The van der Waals surface area contributed by atoms with E-state index in [2.05, 4.69) is 10.4 Å². The number of hydrogen-bond donors (Lipinski definition) is 1. The second kappa shape index (κ2) is 7.48. The first-order valence-corrected chi connectivity index (χ1v) is 9.38. The lowest BCUT2D eigenvalue weighted by Crippen LogP contribution is -2.25. The fourth-order valence-electron chi connectivity index (χ4n) is 3.39. The molecule has 142 valence electrons. The van der Waals surface area contributed by atoms with E-state index in [1.54, 1.807) is 34.8 Å². The van der Waals surface area contributed by atoms with Crippen LogP contribution in [0.4, 0.5) is 11.5 Å². The quantitative estimate of drug-likeness (QED) is 0.732. The zero-order valence-corrected chi connectivity index (χ0v) is 16.1. The van der Waals surface area contributed by atoms with Crippen LogP contribution in [0, 0.1) is 0 Å². The number of nitrogens with zero attached hydrogens (tertiary/aromatic N) is 3. The highest BCUT2D eigenvalue weighted by Crippen LogP contribution is 2.29. The summed E-state index contributed by atoms with van der Waals surface area (Å²) < 4.78 is 1.73. The molecule has 28 heavy (non-hydrogen) atoms. The van der Waals surface area contributed by atoms with Crippen LogP contribution in [0.15, 0.2) is 54.7 Å². The second-order valence-electron chi connectivity index (χ2n) is 6.72. The van der Waals surface area contributed by atoms with Gasteiger partial charge in [-0.1, -0.05) is 23.7 Å². The Morgan fingerprint density at radius 3 is 2.68 bits per heavy atom. The number of carbonyl (C=O) groups excluding carboxylic acids is 2. The van der Waals surface area contributed by atoms with Gasteiger partial charge in [0.1, 0.15) is 5.82 Å². The molecule has 0 radical (unpaired) electrons. The van der Waals surface area contributed by atoms with Gasteiger partial charge in [0.15, 0.2) is 0 Å². The van der Waals surface area contributed by atoms with E-state index >= 15 is 0 Å². The Morgan fingerprint density at radius 1 is 1.14 bits per heavy atom. The lowest BCUT2D eigenvalue weighted by molar-refractivity contribution is -0.116. The summed E-state index contributed by atoms with van der Waals surface area (Å²) in [5, 5.41) is 7.89. The number of halogens is 1. The third-order valence-electron chi connectivity index (χ3n) is 4.82. The third kappa shape index (κ3) is 3.64. The molecular formula is C21H19ClN4O2. The summed E-state index contributed by atoms with van der Waals surface area (Å²) in [5.74, 6) is 0.426. The zero-order chi connectivity index (χ0) is 19.7. The molecule has 0 saturated heterocycles. The molecule has 1 aliphatic rings. The van der Waals surface area contributed by atoms with Crippen LogP contribution in [0.2, 0.25) is 5.02 Å². The van der Waals surface area contributed by atoms with Crippen LogP contribution in [0.3, 0.4) is 0 Å². The van der Waals surface area contributed by atoms with Crippen molar-refractivity contribution in [2.45, 2.75) is 19.9 Å². The lowest BCUT2D eigenvalue weighted by atomic mass is 10.1. The molecule has 3 aromatic rings. The maximum atomic E-state index is 12.7. The first-order chi connectivity index (χ1) is 13.5. The van der Waals surface area contributed by atoms with E-state index in [1.165, 1.54) is 0 Å². The van der Waals surface area contributed by atoms with E-state index in [0.717, 1.165) is 23.2 Å². The van der Waals surface area contributed by atoms with Crippen LogP contribution in [-0.2, 0) is 17.8 Å². The van der Waals surface area contributed by atoms with E-state index in [-0.39, 0.29) is 11.8 Å². The highest BCUT2D eigenvalue weighted by Gasteiger charge is 2.23. The van der Waals surface area contributed by atoms with Gasteiger partial charge in [-0.3, -0.25) is 9.59 Å². The summed E-state index contributed by atoms with van der Waals surface area (Å²) in [6, 6.07) is 14.7. The molecule has 4 rings (SSSR count). The number of anilines is 2. The lowest BCUT2D eigenvalue weighted by Gasteiger charge is -2.15. The van der Waals surface area contributed by atoms with E-state index < -0.39 is 0 Å². The Kier molecular flexibility index (Phi) is 4.88. The average molecular weight is 395 g/mol. The molecular weight excluding hydrogens is 376 g/mol. The topological polar surface area (TPSA) is 67.2 Å². The monoisotopic (exact) mass is 394 g/mol. The van der Waals surface area contributed by atoms with Crippen LogP contribution >= 0.6 is 11.6 Å².